The second-order valence-electron chi connectivity index (χ2n) is 11.3. The van der Waals surface area contributed by atoms with Gasteiger partial charge in [-0.2, -0.15) is 0 Å². The summed E-state index contributed by atoms with van der Waals surface area (Å²) in [4.78, 5) is 0. The first-order chi connectivity index (χ1) is 16.2. The molecule has 1 nitrogen and oxygen atoms in total. The van der Waals surface area contributed by atoms with Crippen molar-refractivity contribution in [2.75, 3.05) is 26.2 Å². The molecule has 0 aliphatic carbocycles. The van der Waals surface area contributed by atoms with Gasteiger partial charge in [-0.3, -0.25) is 0 Å². The Hall–Kier alpha value is -0.0400. The molecule has 1 heteroatoms. The van der Waals surface area contributed by atoms with Crippen molar-refractivity contribution < 1.29 is 4.48 Å². The summed E-state index contributed by atoms with van der Waals surface area (Å²) in [5, 5.41) is 0. The van der Waals surface area contributed by atoms with E-state index in [4.69, 9.17) is 0 Å². The van der Waals surface area contributed by atoms with E-state index in [-0.39, 0.29) is 0 Å². The lowest BCUT2D eigenvalue weighted by atomic mass is 10.0. The van der Waals surface area contributed by atoms with E-state index in [0.717, 1.165) is 0 Å². The molecule has 0 heterocycles. The van der Waals surface area contributed by atoms with Gasteiger partial charge < -0.3 is 4.48 Å². The quantitative estimate of drug-likeness (QED) is 0.0794. The third-order valence-electron chi connectivity index (χ3n) is 7.94. The van der Waals surface area contributed by atoms with Crippen LogP contribution in [0, 0.1) is 0 Å². The Morgan fingerprint density at radius 1 is 0.242 bits per heavy atom. The highest BCUT2D eigenvalue weighted by Crippen LogP contribution is 2.18. The monoisotopic (exact) mass is 467 g/mol. The molecule has 0 N–H and O–H groups in total. The highest BCUT2D eigenvalue weighted by molar-refractivity contribution is 4.53. The molecule has 0 saturated heterocycles. The van der Waals surface area contributed by atoms with E-state index in [1.807, 2.05) is 0 Å². The molecule has 0 aliphatic rings. The third-order valence-corrected chi connectivity index (χ3v) is 7.94. The molecule has 0 aromatic heterocycles. The Morgan fingerprint density at radius 3 is 0.727 bits per heavy atom. The topological polar surface area (TPSA) is 0 Å². The van der Waals surface area contributed by atoms with Crippen molar-refractivity contribution in [3.63, 3.8) is 0 Å². The van der Waals surface area contributed by atoms with Crippen LogP contribution in [0.1, 0.15) is 182 Å². The van der Waals surface area contributed by atoms with Crippen molar-refractivity contribution >= 4 is 0 Å². The van der Waals surface area contributed by atoms with Crippen molar-refractivity contribution in [2.24, 2.45) is 0 Å². The predicted molar refractivity (Wildman–Crippen MR) is 153 cm³/mol. The summed E-state index contributed by atoms with van der Waals surface area (Å²) in [5.41, 5.74) is 0. The molecule has 0 atom stereocenters. The molecule has 0 amide bonds. The number of hydrogen-bond donors (Lipinski definition) is 0. The van der Waals surface area contributed by atoms with Crippen LogP contribution in [0.5, 0.6) is 0 Å². The summed E-state index contributed by atoms with van der Waals surface area (Å²) in [5.74, 6) is 0. The van der Waals surface area contributed by atoms with Gasteiger partial charge >= 0.3 is 0 Å². The second kappa shape index (κ2) is 26.6. The van der Waals surface area contributed by atoms with Gasteiger partial charge in [0.15, 0.2) is 0 Å². The molecule has 0 bridgehead atoms. The Bertz CT molecular complexity index is 329. The minimum Gasteiger partial charge on any atom is -0.324 e. The zero-order valence-electron chi connectivity index (χ0n) is 24.2. The lowest BCUT2D eigenvalue weighted by molar-refractivity contribution is -0.929. The van der Waals surface area contributed by atoms with Crippen LogP contribution in [0.25, 0.3) is 0 Å². The van der Waals surface area contributed by atoms with E-state index < -0.39 is 0 Å². The van der Waals surface area contributed by atoms with Crippen LogP contribution in [-0.2, 0) is 0 Å². The fourth-order valence-corrected chi connectivity index (χ4v) is 5.50. The molecular formula is C32H68N+. The minimum absolute atomic E-state index is 1.36. The van der Waals surface area contributed by atoms with E-state index >= 15 is 0 Å². The maximum absolute atomic E-state index is 2.37. The molecule has 0 saturated carbocycles. The standard InChI is InChI=1S/C32H68N/c1-5-9-13-14-15-16-17-18-19-20-21-22-23-24-25-26-27-28-32-33(29-10-6-2,30-11-7-3)31-12-8-4/h5-32H2,1-4H3/q+1. The first-order valence-corrected chi connectivity index (χ1v) is 16.1. The summed E-state index contributed by atoms with van der Waals surface area (Å²) in [6, 6.07) is 0. The number of rotatable bonds is 28. The van der Waals surface area contributed by atoms with Crippen LogP contribution >= 0.6 is 0 Å². The van der Waals surface area contributed by atoms with Crippen LogP contribution in [0.4, 0.5) is 0 Å². The van der Waals surface area contributed by atoms with Crippen molar-refractivity contribution in [1.82, 2.24) is 0 Å². The first-order valence-electron chi connectivity index (χ1n) is 16.1. The van der Waals surface area contributed by atoms with E-state index in [1.165, 1.54) is 185 Å². The van der Waals surface area contributed by atoms with Crippen molar-refractivity contribution in [3.8, 4) is 0 Å². The highest BCUT2D eigenvalue weighted by Gasteiger charge is 2.24. The lowest BCUT2D eigenvalue weighted by Gasteiger charge is -2.39. The fourth-order valence-electron chi connectivity index (χ4n) is 5.50. The zero-order valence-corrected chi connectivity index (χ0v) is 24.2. The number of nitrogens with zero attached hydrogens (tertiary/aromatic N) is 1. The van der Waals surface area contributed by atoms with E-state index in [9.17, 15) is 0 Å². The summed E-state index contributed by atoms with van der Waals surface area (Å²) in [6.45, 7) is 15.2. The molecule has 0 aliphatic heterocycles. The average Bonchev–Trinajstić information content (AvgIpc) is 2.83. The molecule has 0 radical (unpaired) electrons. The van der Waals surface area contributed by atoms with Gasteiger partial charge in [0.05, 0.1) is 26.2 Å². The average molecular weight is 467 g/mol. The Morgan fingerprint density at radius 2 is 0.455 bits per heavy atom. The normalized spacial score (nSPS) is 12.0. The number of hydrogen-bond acceptors (Lipinski definition) is 0. The molecule has 33 heavy (non-hydrogen) atoms. The summed E-state index contributed by atoms with van der Waals surface area (Å²) in [7, 11) is 0. The molecule has 0 aromatic carbocycles. The van der Waals surface area contributed by atoms with Crippen LogP contribution < -0.4 is 0 Å². The largest absolute Gasteiger partial charge is 0.324 e. The van der Waals surface area contributed by atoms with Gasteiger partial charge in [0.25, 0.3) is 0 Å². The molecule has 0 rings (SSSR count). The molecule has 0 spiro atoms. The molecule has 0 unspecified atom stereocenters. The summed E-state index contributed by atoms with van der Waals surface area (Å²) >= 11 is 0. The SMILES string of the molecule is CCCCCCCCCCCCCCCCCCCC[N+](CCCC)(CCCC)CCCC. The second-order valence-corrected chi connectivity index (χ2v) is 11.3. The fraction of sp³-hybridized carbons (Fsp3) is 1.00. The van der Waals surface area contributed by atoms with Crippen LogP contribution in [0.15, 0.2) is 0 Å². The maximum atomic E-state index is 2.37. The van der Waals surface area contributed by atoms with Gasteiger partial charge in [0, 0.05) is 0 Å². The van der Waals surface area contributed by atoms with E-state index in [0.29, 0.717) is 0 Å². The van der Waals surface area contributed by atoms with Crippen molar-refractivity contribution in [3.05, 3.63) is 0 Å². The lowest BCUT2D eigenvalue weighted by Crippen LogP contribution is -2.50. The van der Waals surface area contributed by atoms with Crippen LogP contribution in [-0.4, -0.2) is 30.7 Å². The summed E-state index contributed by atoms with van der Waals surface area (Å²) < 4.78 is 1.44. The van der Waals surface area contributed by atoms with Crippen LogP contribution in [0.2, 0.25) is 0 Å². The highest BCUT2D eigenvalue weighted by atomic mass is 15.3. The molecule has 200 valence electrons. The Kier molecular flexibility index (Phi) is 26.5. The van der Waals surface area contributed by atoms with Gasteiger partial charge in [-0.25, -0.2) is 0 Å². The van der Waals surface area contributed by atoms with Crippen LogP contribution in [0.3, 0.4) is 0 Å². The number of unbranched alkanes of at least 4 members (excludes halogenated alkanes) is 20. The maximum Gasteiger partial charge on any atom is 0.0786 e. The van der Waals surface area contributed by atoms with Gasteiger partial charge in [0.1, 0.15) is 0 Å². The van der Waals surface area contributed by atoms with Crippen molar-refractivity contribution in [2.45, 2.75) is 182 Å². The van der Waals surface area contributed by atoms with E-state index in [2.05, 4.69) is 27.7 Å². The predicted octanol–water partition coefficient (Wildman–Crippen LogP) is 11.2. The Labute approximate surface area is 212 Å². The van der Waals surface area contributed by atoms with Gasteiger partial charge in [-0.1, -0.05) is 150 Å². The first kappa shape index (κ1) is 33.0. The molecule has 0 fully saturated rings. The van der Waals surface area contributed by atoms with Gasteiger partial charge in [-0.15, -0.1) is 0 Å². The Balaban J connectivity index is 3.63. The van der Waals surface area contributed by atoms with Gasteiger partial charge in [-0.05, 0) is 32.1 Å². The molecule has 0 aromatic rings. The van der Waals surface area contributed by atoms with E-state index in [1.54, 1.807) is 0 Å². The zero-order chi connectivity index (χ0) is 24.3. The smallest absolute Gasteiger partial charge is 0.0786 e. The van der Waals surface area contributed by atoms with Crippen molar-refractivity contribution in [1.29, 1.82) is 0 Å². The summed E-state index contributed by atoms with van der Waals surface area (Å²) in [6.07, 6.45) is 34.9. The minimum atomic E-state index is 1.36. The van der Waals surface area contributed by atoms with Gasteiger partial charge in [0.2, 0.25) is 0 Å². The third kappa shape index (κ3) is 22.2. The molecular weight excluding hydrogens is 398 g/mol. The number of quaternary nitrogens is 1.